The summed E-state index contributed by atoms with van der Waals surface area (Å²) in [5.41, 5.74) is 1.02. The Morgan fingerprint density at radius 1 is 1.29 bits per heavy atom. The molecule has 5 nitrogen and oxygen atoms in total. The van der Waals surface area contributed by atoms with Crippen LogP contribution in [-0.2, 0) is 9.53 Å². The van der Waals surface area contributed by atoms with E-state index < -0.39 is 0 Å². The van der Waals surface area contributed by atoms with E-state index in [4.69, 9.17) is 9.47 Å². The third-order valence-corrected chi connectivity index (χ3v) is 2.10. The van der Waals surface area contributed by atoms with Gasteiger partial charge in [0.05, 0.1) is 12.7 Å². The van der Waals surface area contributed by atoms with Crippen molar-refractivity contribution in [3.8, 4) is 5.75 Å². The minimum atomic E-state index is -0.178. The first kappa shape index (κ1) is 13.2. The molecule has 0 aliphatic carbocycles. The van der Waals surface area contributed by atoms with Crippen LogP contribution in [0, 0.1) is 0 Å². The molecule has 0 atom stereocenters. The van der Waals surface area contributed by atoms with E-state index in [0.29, 0.717) is 17.0 Å². The number of methoxy groups -OCH3 is 2. The van der Waals surface area contributed by atoms with E-state index in [1.165, 1.54) is 21.1 Å². The number of ether oxygens (including phenoxy) is 2. The maximum Gasteiger partial charge on any atom is 0.221 e. The van der Waals surface area contributed by atoms with Gasteiger partial charge in [-0.25, -0.2) is 0 Å². The highest BCUT2D eigenvalue weighted by Gasteiger charge is 2.12. The Morgan fingerprint density at radius 3 is 2.53 bits per heavy atom. The van der Waals surface area contributed by atoms with Crippen LogP contribution in [0.5, 0.6) is 5.75 Å². The van der Waals surface area contributed by atoms with Gasteiger partial charge < -0.3 is 14.8 Å². The predicted octanol–water partition coefficient (Wildman–Crippen LogP) is 1.48. The molecule has 0 saturated carbocycles. The number of amides is 1. The molecule has 17 heavy (non-hydrogen) atoms. The van der Waals surface area contributed by atoms with Crippen LogP contribution in [0.4, 0.5) is 5.69 Å². The molecular formula is C12H15NO4. The fourth-order valence-electron chi connectivity index (χ4n) is 1.41. The normalized spacial score (nSPS) is 9.82. The van der Waals surface area contributed by atoms with E-state index in [-0.39, 0.29) is 18.3 Å². The second-order valence-electron chi connectivity index (χ2n) is 3.45. The number of carbonyl (C=O) groups excluding carboxylic acids is 2. The van der Waals surface area contributed by atoms with Crippen LogP contribution in [0.2, 0.25) is 0 Å². The monoisotopic (exact) mass is 237 g/mol. The van der Waals surface area contributed by atoms with Gasteiger partial charge in [0, 0.05) is 25.8 Å². The van der Waals surface area contributed by atoms with Crippen LogP contribution in [0.15, 0.2) is 18.2 Å². The molecule has 0 aromatic heterocycles. The number of hydrogen-bond acceptors (Lipinski definition) is 4. The highest BCUT2D eigenvalue weighted by molar-refractivity contribution is 6.00. The van der Waals surface area contributed by atoms with Gasteiger partial charge in [-0.3, -0.25) is 9.59 Å². The van der Waals surface area contributed by atoms with Crippen LogP contribution in [0.3, 0.4) is 0 Å². The number of benzene rings is 1. The van der Waals surface area contributed by atoms with Gasteiger partial charge in [-0.15, -0.1) is 0 Å². The van der Waals surface area contributed by atoms with Crippen LogP contribution < -0.4 is 10.1 Å². The molecule has 0 unspecified atom stereocenters. The Hall–Kier alpha value is -1.88. The van der Waals surface area contributed by atoms with Crippen LogP contribution in [0.1, 0.15) is 17.3 Å². The SMILES string of the molecule is COCC(=O)c1ccc(NC(C)=O)cc1OC. The van der Waals surface area contributed by atoms with Crippen LogP contribution in [0.25, 0.3) is 0 Å². The molecule has 0 spiro atoms. The molecule has 0 aliphatic rings. The molecule has 1 N–H and O–H groups in total. The minimum absolute atomic E-state index is 0.00412. The van der Waals surface area contributed by atoms with Crippen molar-refractivity contribution in [1.82, 2.24) is 0 Å². The topological polar surface area (TPSA) is 64.6 Å². The van der Waals surface area contributed by atoms with Gasteiger partial charge in [-0.2, -0.15) is 0 Å². The average molecular weight is 237 g/mol. The first-order chi connectivity index (χ1) is 8.08. The summed E-state index contributed by atoms with van der Waals surface area (Å²) in [6.45, 7) is 1.41. The predicted molar refractivity (Wildman–Crippen MR) is 63.5 cm³/mol. The number of nitrogens with one attached hydrogen (secondary N) is 1. The quantitative estimate of drug-likeness (QED) is 0.788. The first-order valence-corrected chi connectivity index (χ1v) is 5.06. The molecule has 0 radical (unpaired) electrons. The van der Waals surface area contributed by atoms with Gasteiger partial charge in [0.25, 0.3) is 0 Å². The maximum atomic E-state index is 11.7. The van der Waals surface area contributed by atoms with Gasteiger partial charge in [0.2, 0.25) is 5.91 Å². The zero-order chi connectivity index (χ0) is 12.8. The van der Waals surface area contributed by atoms with E-state index in [1.54, 1.807) is 18.2 Å². The summed E-state index contributed by atoms with van der Waals surface area (Å²) in [5.74, 6) is 0.0695. The van der Waals surface area contributed by atoms with Crippen molar-refractivity contribution in [2.24, 2.45) is 0 Å². The molecule has 1 rings (SSSR count). The zero-order valence-electron chi connectivity index (χ0n) is 10.1. The van der Waals surface area contributed by atoms with Crippen molar-refractivity contribution in [2.45, 2.75) is 6.92 Å². The Labute approximate surface area is 99.7 Å². The van der Waals surface area contributed by atoms with Crippen molar-refractivity contribution < 1.29 is 19.1 Å². The first-order valence-electron chi connectivity index (χ1n) is 5.06. The van der Waals surface area contributed by atoms with Gasteiger partial charge in [-0.1, -0.05) is 0 Å². The summed E-state index contributed by atoms with van der Waals surface area (Å²) >= 11 is 0. The standard InChI is InChI=1S/C12H15NO4/c1-8(14)13-9-4-5-10(11(15)7-16-2)12(6-9)17-3/h4-6H,7H2,1-3H3,(H,13,14). The largest absolute Gasteiger partial charge is 0.496 e. The number of Topliss-reactive ketones (excluding diaryl/α,β-unsaturated/α-hetero) is 1. The van der Waals surface area contributed by atoms with E-state index in [0.717, 1.165) is 0 Å². The lowest BCUT2D eigenvalue weighted by molar-refractivity contribution is -0.114. The van der Waals surface area contributed by atoms with Gasteiger partial charge >= 0.3 is 0 Å². The third kappa shape index (κ3) is 3.57. The van der Waals surface area contributed by atoms with Crippen LogP contribution >= 0.6 is 0 Å². The summed E-state index contributed by atoms with van der Waals surface area (Å²) in [6, 6.07) is 4.85. The number of hydrogen-bond donors (Lipinski definition) is 1. The zero-order valence-corrected chi connectivity index (χ0v) is 10.1. The molecule has 92 valence electrons. The molecular weight excluding hydrogens is 222 g/mol. The molecule has 1 aromatic carbocycles. The summed E-state index contributed by atoms with van der Waals surface area (Å²) < 4.78 is 9.88. The summed E-state index contributed by atoms with van der Waals surface area (Å²) in [7, 11) is 2.92. The smallest absolute Gasteiger partial charge is 0.221 e. The Kier molecular flexibility index (Phi) is 4.66. The number of anilines is 1. The minimum Gasteiger partial charge on any atom is -0.496 e. The average Bonchev–Trinajstić information content (AvgIpc) is 2.28. The molecule has 1 amide bonds. The van der Waals surface area contributed by atoms with Gasteiger partial charge in [0.15, 0.2) is 5.78 Å². The summed E-state index contributed by atoms with van der Waals surface area (Å²) in [6.07, 6.45) is 0. The van der Waals surface area contributed by atoms with E-state index >= 15 is 0 Å². The van der Waals surface area contributed by atoms with Crippen LogP contribution in [-0.4, -0.2) is 32.5 Å². The molecule has 0 bridgehead atoms. The van der Waals surface area contributed by atoms with E-state index in [9.17, 15) is 9.59 Å². The lowest BCUT2D eigenvalue weighted by Gasteiger charge is -2.09. The number of ketones is 1. The van der Waals surface area contributed by atoms with E-state index in [2.05, 4.69) is 5.32 Å². The second kappa shape index (κ2) is 6.00. The molecule has 0 aliphatic heterocycles. The van der Waals surface area contributed by atoms with Crippen molar-refractivity contribution >= 4 is 17.4 Å². The highest BCUT2D eigenvalue weighted by Crippen LogP contribution is 2.23. The molecule has 0 fully saturated rings. The Bertz CT molecular complexity index is 429. The lowest BCUT2D eigenvalue weighted by atomic mass is 10.1. The molecule has 5 heteroatoms. The number of rotatable bonds is 5. The fourth-order valence-corrected chi connectivity index (χ4v) is 1.41. The van der Waals surface area contributed by atoms with Crippen molar-refractivity contribution in [2.75, 3.05) is 26.1 Å². The number of carbonyl (C=O) groups is 2. The Morgan fingerprint density at radius 2 is 2.00 bits per heavy atom. The summed E-state index contributed by atoms with van der Waals surface area (Å²) in [4.78, 5) is 22.6. The van der Waals surface area contributed by atoms with Gasteiger partial charge in [0.1, 0.15) is 12.4 Å². The molecule has 0 saturated heterocycles. The molecule has 0 heterocycles. The highest BCUT2D eigenvalue weighted by atomic mass is 16.5. The molecule has 1 aromatic rings. The lowest BCUT2D eigenvalue weighted by Crippen LogP contribution is -2.10. The third-order valence-electron chi connectivity index (χ3n) is 2.10. The Balaban J connectivity index is 3.00. The van der Waals surface area contributed by atoms with Crippen molar-refractivity contribution in [1.29, 1.82) is 0 Å². The van der Waals surface area contributed by atoms with Crippen molar-refractivity contribution in [3.63, 3.8) is 0 Å². The van der Waals surface area contributed by atoms with Crippen molar-refractivity contribution in [3.05, 3.63) is 23.8 Å². The fraction of sp³-hybridized carbons (Fsp3) is 0.333. The van der Waals surface area contributed by atoms with Gasteiger partial charge in [-0.05, 0) is 12.1 Å². The van der Waals surface area contributed by atoms with E-state index in [1.807, 2.05) is 0 Å². The second-order valence-corrected chi connectivity index (χ2v) is 3.45. The summed E-state index contributed by atoms with van der Waals surface area (Å²) in [5, 5.41) is 2.62. The maximum absolute atomic E-state index is 11.7.